The Bertz CT molecular complexity index is 323. The maximum atomic E-state index is 10.6. The highest BCUT2D eigenvalue weighted by atomic mass is 35.5. The van der Waals surface area contributed by atoms with Gasteiger partial charge in [0.1, 0.15) is 0 Å². The number of hydrogen-bond donors (Lipinski definition) is 2. The highest BCUT2D eigenvalue weighted by Gasteiger charge is 2.08. The average molecular weight is 201 g/mol. The number of carbonyl (C=O) groups is 1. The molecular weight excluding hydrogens is 192 g/mol. The zero-order valence-corrected chi connectivity index (χ0v) is 7.58. The molecule has 0 aromatic heterocycles. The van der Waals surface area contributed by atoms with E-state index < -0.39 is 5.97 Å². The molecule has 0 saturated heterocycles. The maximum absolute atomic E-state index is 10.6. The van der Waals surface area contributed by atoms with E-state index in [1.54, 1.807) is 12.1 Å². The van der Waals surface area contributed by atoms with Gasteiger partial charge >= 0.3 is 5.97 Å². The number of benzene rings is 1. The third-order valence-corrected chi connectivity index (χ3v) is 1.98. The average Bonchev–Trinajstić information content (AvgIpc) is 2.04. The van der Waals surface area contributed by atoms with Crippen LogP contribution in [0.5, 0.6) is 0 Å². The van der Waals surface area contributed by atoms with Crippen molar-refractivity contribution in [3.63, 3.8) is 0 Å². The van der Waals surface area contributed by atoms with Gasteiger partial charge in [-0.15, -0.1) is 0 Å². The van der Waals surface area contributed by atoms with Gasteiger partial charge in [0.2, 0.25) is 0 Å². The summed E-state index contributed by atoms with van der Waals surface area (Å²) in [5.41, 5.74) is 0.917. The first-order valence-corrected chi connectivity index (χ1v) is 4.15. The molecule has 0 fully saturated rings. The Morgan fingerprint density at radius 1 is 1.46 bits per heavy atom. The first-order chi connectivity index (χ1) is 6.15. The summed E-state index contributed by atoms with van der Waals surface area (Å²) < 4.78 is 0. The summed E-state index contributed by atoms with van der Waals surface area (Å²) in [6, 6.07) is 4.64. The quantitative estimate of drug-likeness (QED) is 0.779. The molecule has 2 N–H and O–H groups in total. The Morgan fingerprint density at radius 2 is 2.15 bits per heavy atom. The third kappa shape index (κ3) is 2.44. The van der Waals surface area contributed by atoms with Gasteiger partial charge in [-0.3, -0.25) is 0 Å². The summed E-state index contributed by atoms with van der Waals surface area (Å²) in [5, 5.41) is 17.5. The van der Waals surface area contributed by atoms with E-state index in [1.165, 1.54) is 6.07 Å². The molecule has 0 atom stereocenters. The second-order valence-corrected chi connectivity index (χ2v) is 3.00. The van der Waals surface area contributed by atoms with E-state index in [1.807, 2.05) is 0 Å². The first kappa shape index (κ1) is 10.0. The van der Waals surface area contributed by atoms with Crippen molar-refractivity contribution in [2.24, 2.45) is 0 Å². The van der Waals surface area contributed by atoms with E-state index in [0.29, 0.717) is 6.42 Å². The number of carboxylic acids is 1. The van der Waals surface area contributed by atoms with E-state index in [9.17, 15) is 4.79 Å². The molecule has 0 heterocycles. The number of aliphatic hydroxyl groups is 1. The molecule has 0 radical (unpaired) electrons. The van der Waals surface area contributed by atoms with Gasteiger partial charge in [-0.1, -0.05) is 17.7 Å². The van der Waals surface area contributed by atoms with Gasteiger partial charge in [-0.25, -0.2) is 4.79 Å². The third-order valence-electron chi connectivity index (χ3n) is 1.66. The van der Waals surface area contributed by atoms with Crippen molar-refractivity contribution in [2.75, 3.05) is 6.61 Å². The summed E-state index contributed by atoms with van der Waals surface area (Å²) in [6.45, 7) is 0.0305. The van der Waals surface area contributed by atoms with Gasteiger partial charge in [0, 0.05) is 6.61 Å². The van der Waals surface area contributed by atoms with Crippen LogP contribution in [0.1, 0.15) is 15.9 Å². The van der Waals surface area contributed by atoms with Crippen LogP contribution < -0.4 is 0 Å². The fourth-order valence-electron chi connectivity index (χ4n) is 1.02. The molecule has 1 aromatic rings. The summed E-state index contributed by atoms with van der Waals surface area (Å²) in [5.74, 6) is -1.04. The molecular formula is C9H9ClO3. The minimum Gasteiger partial charge on any atom is -0.478 e. The van der Waals surface area contributed by atoms with E-state index in [2.05, 4.69) is 0 Å². The Labute approximate surface area is 80.6 Å². The number of aliphatic hydroxyl groups excluding tert-OH is 1. The second kappa shape index (κ2) is 4.25. The first-order valence-electron chi connectivity index (χ1n) is 3.77. The molecule has 0 spiro atoms. The van der Waals surface area contributed by atoms with Crippen LogP contribution in [-0.2, 0) is 6.42 Å². The summed E-state index contributed by atoms with van der Waals surface area (Å²) in [4.78, 5) is 10.6. The van der Waals surface area contributed by atoms with Crippen LogP contribution in [0.4, 0.5) is 0 Å². The molecule has 0 aliphatic heterocycles. The van der Waals surface area contributed by atoms with Gasteiger partial charge in [-0.2, -0.15) is 0 Å². The zero-order valence-electron chi connectivity index (χ0n) is 6.83. The van der Waals surface area contributed by atoms with E-state index in [-0.39, 0.29) is 17.2 Å². The number of rotatable bonds is 3. The fourth-order valence-corrected chi connectivity index (χ4v) is 1.30. The van der Waals surface area contributed by atoms with Crippen LogP contribution in [0.15, 0.2) is 18.2 Å². The Kier molecular flexibility index (Phi) is 3.28. The van der Waals surface area contributed by atoms with Gasteiger partial charge in [-0.05, 0) is 24.1 Å². The van der Waals surface area contributed by atoms with Crippen molar-refractivity contribution in [1.29, 1.82) is 0 Å². The lowest BCUT2D eigenvalue weighted by atomic mass is 10.1. The van der Waals surface area contributed by atoms with Crippen LogP contribution in [-0.4, -0.2) is 22.8 Å². The topological polar surface area (TPSA) is 57.5 Å². The summed E-state index contributed by atoms with van der Waals surface area (Å²) >= 11 is 5.70. The molecule has 3 nitrogen and oxygen atoms in total. The van der Waals surface area contributed by atoms with Crippen LogP contribution in [0.2, 0.25) is 5.02 Å². The monoisotopic (exact) mass is 200 g/mol. The standard InChI is InChI=1S/C9H9ClO3/c10-8-5-6(3-4-11)1-2-7(8)9(12)13/h1-2,5,11H,3-4H2,(H,12,13). The molecule has 4 heteroatoms. The molecule has 1 aromatic carbocycles. The lowest BCUT2D eigenvalue weighted by molar-refractivity contribution is 0.0697. The largest absolute Gasteiger partial charge is 0.478 e. The second-order valence-electron chi connectivity index (χ2n) is 2.59. The lowest BCUT2D eigenvalue weighted by Gasteiger charge is -2.01. The van der Waals surface area contributed by atoms with Crippen LogP contribution in [0.3, 0.4) is 0 Å². The van der Waals surface area contributed by atoms with Crippen LogP contribution in [0.25, 0.3) is 0 Å². The van der Waals surface area contributed by atoms with E-state index in [4.69, 9.17) is 21.8 Å². The molecule has 0 bridgehead atoms. The molecule has 0 unspecified atom stereocenters. The van der Waals surface area contributed by atoms with E-state index >= 15 is 0 Å². The Hall–Kier alpha value is -1.06. The minimum absolute atomic E-state index is 0.0305. The van der Waals surface area contributed by atoms with Gasteiger partial charge < -0.3 is 10.2 Å². The zero-order chi connectivity index (χ0) is 9.84. The highest BCUT2D eigenvalue weighted by molar-refractivity contribution is 6.33. The van der Waals surface area contributed by atoms with Crippen molar-refractivity contribution in [3.05, 3.63) is 34.3 Å². The van der Waals surface area contributed by atoms with Crippen molar-refractivity contribution in [2.45, 2.75) is 6.42 Å². The summed E-state index contributed by atoms with van der Waals surface area (Å²) in [6.07, 6.45) is 0.486. The van der Waals surface area contributed by atoms with Crippen molar-refractivity contribution in [1.82, 2.24) is 0 Å². The Balaban J connectivity index is 2.98. The molecule has 70 valence electrons. The van der Waals surface area contributed by atoms with Gasteiger partial charge in [0.15, 0.2) is 0 Å². The molecule has 1 rings (SSSR count). The maximum Gasteiger partial charge on any atom is 0.337 e. The van der Waals surface area contributed by atoms with Gasteiger partial charge in [0.05, 0.1) is 10.6 Å². The number of carboxylic acid groups (broad SMARTS) is 1. The lowest BCUT2D eigenvalue weighted by Crippen LogP contribution is -1.99. The van der Waals surface area contributed by atoms with E-state index in [0.717, 1.165) is 5.56 Å². The van der Waals surface area contributed by atoms with Gasteiger partial charge in [0.25, 0.3) is 0 Å². The Morgan fingerprint density at radius 3 is 2.62 bits per heavy atom. The smallest absolute Gasteiger partial charge is 0.337 e. The van der Waals surface area contributed by atoms with Crippen LogP contribution in [0, 0.1) is 0 Å². The fraction of sp³-hybridized carbons (Fsp3) is 0.222. The molecule has 13 heavy (non-hydrogen) atoms. The SMILES string of the molecule is O=C(O)c1ccc(CCO)cc1Cl. The van der Waals surface area contributed by atoms with Crippen LogP contribution >= 0.6 is 11.6 Å². The normalized spacial score (nSPS) is 10.0. The predicted octanol–water partition coefficient (Wildman–Crippen LogP) is 1.57. The minimum atomic E-state index is -1.04. The number of hydrogen-bond acceptors (Lipinski definition) is 2. The molecule has 0 amide bonds. The molecule has 0 aliphatic carbocycles. The summed E-state index contributed by atoms with van der Waals surface area (Å²) in [7, 11) is 0. The van der Waals surface area contributed by atoms with Crippen molar-refractivity contribution < 1.29 is 15.0 Å². The molecule has 0 aliphatic rings. The highest BCUT2D eigenvalue weighted by Crippen LogP contribution is 2.17. The number of halogens is 1. The van der Waals surface area contributed by atoms with Crippen molar-refractivity contribution >= 4 is 17.6 Å². The predicted molar refractivity (Wildman–Crippen MR) is 49.2 cm³/mol. The molecule has 0 saturated carbocycles. The van der Waals surface area contributed by atoms with Crippen molar-refractivity contribution in [3.8, 4) is 0 Å². The number of aromatic carboxylic acids is 1.